The molecular formula is C20H28N4O2. The number of pyridine rings is 1. The highest BCUT2D eigenvalue weighted by atomic mass is 16.2. The highest BCUT2D eigenvalue weighted by Gasteiger charge is 2.28. The number of nitrogens with one attached hydrogen (secondary N) is 1. The SMILES string of the molecule is Cc1cn(C)c(=O)c2c(C(=O)NC3CCN(CC4CC4)CC3)cn(C)c12. The quantitative estimate of drug-likeness (QED) is 0.909. The molecule has 1 amide bonds. The van der Waals surface area contributed by atoms with Crippen molar-refractivity contribution >= 4 is 16.8 Å². The lowest BCUT2D eigenvalue weighted by Gasteiger charge is -2.32. The first-order valence-corrected chi connectivity index (χ1v) is 9.62. The number of likely N-dealkylation sites (tertiary alicyclic amines) is 1. The van der Waals surface area contributed by atoms with Gasteiger partial charge in [0, 0.05) is 52.2 Å². The fourth-order valence-corrected chi connectivity index (χ4v) is 4.27. The maximum atomic E-state index is 12.9. The van der Waals surface area contributed by atoms with Crippen molar-refractivity contribution in [3.63, 3.8) is 0 Å². The first-order valence-electron chi connectivity index (χ1n) is 9.62. The highest BCUT2D eigenvalue weighted by Crippen LogP contribution is 2.30. The van der Waals surface area contributed by atoms with E-state index in [0.29, 0.717) is 10.9 Å². The zero-order valence-electron chi connectivity index (χ0n) is 15.9. The zero-order chi connectivity index (χ0) is 18.4. The maximum absolute atomic E-state index is 12.9. The molecule has 2 aromatic heterocycles. The fraction of sp³-hybridized carbons (Fsp3) is 0.600. The molecule has 0 spiro atoms. The molecule has 0 unspecified atom stereocenters. The monoisotopic (exact) mass is 356 g/mol. The zero-order valence-corrected chi connectivity index (χ0v) is 15.9. The molecule has 0 radical (unpaired) electrons. The van der Waals surface area contributed by atoms with Crippen molar-refractivity contribution in [3.05, 3.63) is 33.9 Å². The molecule has 26 heavy (non-hydrogen) atoms. The number of amides is 1. The van der Waals surface area contributed by atoms with Crippen molar-refractivity contribution < 1.29 is 4.79 Å². The van der Waals surface area contributed by atoms with Crippen LogP contribution in [0.15, 0.2) is 17.2 Å². The van der Waals surface area contributed by atoms with E-state index in [4.69, 9.17) is 0 Å². The molecule has 6 heteroatoms. The summed E-state index contributed by atoms with van der Waals surface area (Å²) >= 11 is 0. The largest absolute Gasteiger partial charge is 0.349 e. The van der Waals surface area contributed by atoms with Gasteiger partial charge in [0.15, 0.2) is 0 Å². The maximum Gasteiger partial charge on any atom is 0.260 e. The first-order chi connectivity index (χ1) is 12.4. The van der Waals surface area contributed by atoms with Crippen LogP contribution in [0.5, 0.6) is 0 Å². The number of carbonyl (C=O) groups excluding carboxylic acids is 1. The van der Waals surface area contributed by atoms with Crippen LogP contribution in [0.3, 0.4) is 0 Å². The van der Waals surface area contributed by atoms with Crippen LogP contribution >= 0.6 is 0 Å². The Morgan fingerprint density at radius 3 is 2.46 bits per heavy atom. The minimum Gasteiger partial charge on any atom is -0.349 e. The predicted octanol–water partition coefficient (Wildman–Crippen LogP) is 1.79. The number of fused-ring (bicyclic) bond motifs is 1. The molecule has 4 rings (SSSR count). The molecule has 2 aliphatic rings. The lowest BCUT2D eigenvalue weighted by atomic mass is 10.0. The normalized spacial score (nSPS) is 19.2. The van der Waals surface area contributed by atoms with E-state index in [1.165, 1.54) is 19.4 Å². The van der Waals surface area contributed by atoms with Crippen molar-refractivity contribution in [2.45, 2.75) is 38.6 Å². The number of carbonyl (C=O) groups is 1. The lowest BCUT2D eigenvalue weighted by Crippen LogP contribution is -2.45. The summed E-state index contributed by atoms with van der Waals surface area (Å²) in [5, 5.41) is 3.70. The van der Waals surface area contributed by atoms with E-state index in [-0.39, 0.29) is 17.5 Å². The third-order valence-corrected chi connectivity index (χ3v) is 5.86. The Morgan fingerprint density at radius 1 is 1.12 bits per heavy atom. The van der Waals surface area contributed by atoms with Crippen LogP contribution in [0, 0.1) is 12.8 Å². The van der Waals surface area contributed by atoms with Gasteiger partial charge >= 0.3 is 0 Å². The Hall–Kier alpha value is -2.08. The number of rotatable bonds is 4. The van der Waals surface area contributed by atoms with E-state index in [0.717, 1.165) is 42.9 Å². The van der Waals surface area contributed by atoms with Gasteiger partial charge in [-0.2, -0.15) is 0 Å². The summed E-state index contributed by atoms with van der Waals surface area (Å²) < 4.78 is 3.45. The molecule has 0 atom stereocenters. The van der Waals surface area contributed by atoms with Gasteiger partial charge in [0.1, 0.15) is 0 Å². The van der Waals surface area contributed by atoms with Crippen LogP contribution in [0.2, 0.25) is 0 Å². The van der Waals surface area contributed by atoms with Crippen LogP contribution < -0.4 is 10.9 Å². The van der Waals surface area contributed by atoms with Crippen molar-refractivity contribution in [3.8, 4) is 0 Å². The Labute approximate surface area is 153 Å². The lowest BCUT2D eigenvalue weighted by molar-refractivity contribution is 0.0911. The number of nitrogens with zero attached hydrogens (tertiary/aromatic N) is 3. The number of aromatic nitrogens is 2. The van der Waals surface area contributed by atoms with Gasteiger partial charge in [-0.05, 0) is 44.1 Å². The van der Waals surface area contributed by atoms with Gasteiger partial charge in [-0.15, -0.1) is 0 Å². The summed E-state index contributed by atoms with van der Waals surface area (Å²) in [6, 6.07) is 0.196. The van der Waals surface area contributed by atoms with Gasteiger partial charge in [0.25, 0.3) is 11.5 Å². The minimum absolute atomic E-state index is 0.115. The molecule has 0 aromatic carbocycles. The molecule has 6 nitrogen and oxygen atoms in total. The van der Waals surface area contributed by atoms with E-state index in [1.807, 2.05) is 24.7 Å². The summed E-state index contributed by atoms with van der Waals surface area (Å²) in [6.07, 6.45) is 8.34. The topological polar surface area (TPSA) is 59.3 Å². The smallest absolute Gasteiger partial charge is 0.260 e. The van der Waals surface area contributed by atoms with Gasteiger partial charge < -0.3 is 19.4 Å². The molecular weight excluding hydrogens is 328 g/mol. The first kappa shape index (κ1) is 17.3. The third-order valence-electron chi connectivity index (χ3n) is 5.86. The Morgan fingerprint density at radius 2 is 1.81 bits per heavy atom. The van der Waals surface area contributed by atoms with E-state index in [2.05, 4.69) is 10.2 Å². The van der Waals surface area contributed by atoms with Gasteiger partial charge in [-0.1, -0.05) is 0 Å². The summed E-state index contributed by atoms with van der Waals surface area (Å²) in [6.45, 7) is 5.30. The number of hydrogen-bond acceptors (Lipinski definition) is 3. The van der Waals surface area contributed by atoms with Crippen LogP contribution in [-0.2, 0) is 14.1 Å². The molecule has 1 aliphatic heterocycles. The Kier molecular flexibility index (Phi) is 4.39. The van der Waals surface area contributed by atoms with Gasteiger partial charge in [0.2, 0.25) is 0 Å². The van der Waals surface area contributed by atoms with Crippen LogP contribution in [0.1, 0.15) is 41.6 Å². The second-order valence-electron chi connectivity index (χ2n) is 8.10. The Balaban J connectivity index is 1.51. The van der Waals surface area contributed by atoms with E-state index < -0.39 is 0 Å². The number of piperidine rings is 1. The van der Waals surface area contributed by atoms with Crippen molar-refractivity contribution in [1.82, 2.24) is 19.4 Å². The van der Waals surface area contributed by atoms with Crippen LogP contribution in [-0.4, -0.2) is 45.6 Å². The molecule has 140 valence electrons. The van der Waals surface area contributed by atoms with Crippen molar-refractivity contribution in [1.29, 1.82) is 0 Å². The van der Waals surface area contributed by atoms with E-state index in [9.17, 15) is 9.59 Å². The standard InChI is InChI=1S/C20H28N4O2/c1-13-10-23(3)20(26)17-16(12-22(2)18(13)17)19(25)21-15-6-8-24(9-7-15)11-14-4-5-14/h10,12,14-15H,4-9,11H2,1-3H3,(H,21,25). The number of aryl methyl sites for hydroxylation is 3. The van der Waals surface area contributed by atoms with Crippen molar-refractivity contribution in [2.24, 2.45) is 20.0 Å². The third kappa shape index (κ3) is 3.18. The van der Waals surface area contributed by atoms with Crippen LogP contribution in [0.25, 0.3) is 10.9 Å². The minimum atomic E-state index is -0.126. The number of hydrogen-bond donors (Lipinski definition) is 1. The molecule has 1 aliphatic carbocycles. The second-order valence-corrected chi connectivity index (χ2v) is 8.10. The summed E-state index contributed by atoms with van der Waals surface area (Å²) in [5.41, 5.74) is 2.22. The average Bonchev–Trinajstić information content (AvgIpc) is 3.34. The molecule has 2 aromatic rings. The van der Waals surface area contributed by atoms with Crippen molar-refractivity contribution in [2.75, 3.05) is 19.6 Å². The average molecular weight is 356 g/mol. The molecule has 1 saturated heterocycles. The van der Waals surface area contributed by atoms with Crippen LogP contribution in [0.4, 0.5) is 0 Å². The molecule has 1 saturated carbocycles. The molecule has 1 N–H and O–H groups in total. The Bertz CT molecular complexity index is 899. The summed E-state index contributed by atoms with van der Waals surface area (Å²) in [5.74, 6) is 0.787. The van der Waals surface area contributed by atoms with Gasteiger partial charge in [-0.25, -0.2) is 0 Å². The van der Waals surface area contributed by atoms with E-state index in [1.54, 1.807) is 17.8 Å². The summed E-state index contributed by atoms with van der Waals surface area (Å²) in [4.78, 5) is 28.0. The fourth-order valence-electron chi connectivity index (χ4n) is 4.27. The second kappa shape index (κ2) is 6.58. The summed E-state index contributed by atoms with van der Waals surface area (Å²) in [7, 11) is 3.63. The van der Waals surface area contributed by atoms with E-state index >= 15 is 0 Å². The molecule has 0 bridgehead atoms. The highest BCUT2D eigenvalue weighted by molar-refractivity contribution is 6.07. The van der Waals surface area contributed by atoms with Gasteiger partial charge in [0.05, 0.1) is 16.5 Å². The predicted molar refractivity (Wildman–Crippen MR) is 103 cm³/mol. The molecule has 2 fully saturated rings. The molecule has 3 heterocycles. The van der Waals surface area contributed by atoms with Gasteiger partial charge in [-0.3, -0.25) is 9.59 Å².